The molecule has 2 N–H and O–H groups in total. The Kier molecular flexibility index (Phi) is 1.69. The highest BCUT2D eigenvalue weighted by Gasteiger charge is 2.57. The lowest BCUT2D eigenvalue weighted by Crippen LogP contribution is -2.65. The molecule has 2 nitrogen and oxygen atoms in total. The maximum absolute atomic E-state index is 5.96. The van der Waals surface area contributed by atoms with Gasteiger partial charge >= 0.3 is 0 Å². The van der Waals surface area contributed by atoms with Gasteiger partial charge in [-0.25, -0.2) is 0 Å². The number of hydrogen-bond acceptors (Lipinski definition) is 2. The Morgan fingerprint density at radius 2 is 2.27 bits per heavy atom. The van der Waals surface area contributed by atoms with Crippen molar-refractivity contribution in [1.82, 2.24) is 0 Å². The zero-order chi connectivity index (χ0) is 7.90. The highest BCUT2D eigenvalue weighted by molar-refractivity contribution is 5.10. The molecule has 0 amide bonds. The molecular weight excluding hydrogens is 138 g/mol. The van der Waals surface area contributed by atoms with E-state index < -0.39 is 0 Å². The molecule has 2 saturated carbocycles. The molecule has 1 spiro atoms. The molecule has 0 aromatic heterocycles. The van der Waals surface area contributed by atoms with E-state index in [1.54, 1.807) is 0 Å². The van der Waals surface area contributed by atoms with Crippen molar-refractivity contribution in [3.8, 4) is 0 Å². The summed E-state index contributed by atoms with van der Waals surface area (Å²) < 4.78 is 5.63. The lowest BCUT2D eigenvalue weighted by Gasteiger charge is -2.59. The molecule has 0 aromatic rings. The van der Waals surface area contributed by atoms with Crippen molar-refractivity contribution in [3.63, 3.8) is 0 Å². The van der Waals surface area contributed by atoms with E-state index in [-0.39, 0.29) is 0 Å². The van der Waals surface area contributed by atoms with Gasteiger partial charge in [-0.15, -0.1) is 0 Å². The molecule has 0 aliphatic heterocycles. The van der Waals surface area contributed by atoms with Crippen LogP contribution in [0.5, 0.6) is 0 Å². The van der Waals surface area contributed by atoms with Gasteiger partial charge in [0.2, 0.25) is 0 Å². The summed E-state index contributed by atoms with van der Waals surface area (Å²) in [5.41, 5.74) is 6.39. The Balaban J connectivity index is 1.94. The van der Waals surface area contributed by atoms with Crippen LogP contribution in [0, 0.1) is 5.41 Å². The second-order valence-electron chi connectivity index (χ2n) is 3.87. The minimum absolute atomic E-state index is 0.427. The van der Waals surface area contributed by atoms with Crippen LogP contribution >= 0.6 is 0 Å². The van der Waals surface area contributed by atoms with Gasteiger partial charge in [-0.2, -0.15) is 0 Å². The van der Waals surface area contributed by atoms with Gasteiger partial charge in [-0.3, -0.25) is 0 Å². The van der Waals surface area contributed by atoms with Crippen molar-refractivity contribution in [2.45, 2.75) is 44.8 Å². The second-order valence-corrected chi connectivity index (χ2v) is 3.87. The summed E-state index contributed by atoms with van der Waals surface area (Å²) in [6, 6.07) is 0.438. The van der Waals surface area contributed by atoms with Gasteiger partial charge in [0, 0.05) is 18.1 Å². The first-order valence-corrected chi connectivity index (χ1v) is 4.67. The lowest BCUT2D eigenvalue weighted by atomic mass is 9.51. The number of nitrogens with two attached hydrogens (primary N) is 1. The van der Waals surface area contributed by atoms with Crippen LogP contribution in [0.15, 0.2) is 0 Å². The summed E-state index contributed by atoms with van der Waals surface area (Å²) in [7, 11) is 0. The Bertz CT molecular complexity index is 152. The maximum Gasteiger partial charge on any atom is 0.0660 e. The number of hydrogen-bond donors (Lipinski definition) is 1. The Morgan fingerprint density at radius 3 is 2.64 bits per heavy atom. The number of ether oxygens (including phenoxy) is 1. The largest absolute Gasteiger partial charge is 0.378 e. The average molecular weight is 155 g/mol. The first-order valence-electron chi connectivity index (χ1n) is 4.67. The fraction of sp³-hybridized carbons (Fsp3) is 1.00. The van der Waals surface area contributed by atoms with Crippen LogP contribution in [0.25, 0.3) is 0 Å². The zero-order valence-corrected chi connectivity index (χ0v) is 7.18. The van der Waals surface area contributed by atoms with E-state index in [0.29, 0.717) is 17.6 Å². The summed E-state index contributed by atoms with van der Waals surface area (Å²) in [6.07, 6.45) is 5.55. The van der Waals surface area contributed by atoms with Crippen molar-refractivity contribution in [2.24, 2.45) is 11.1 Å². The second kappa shape index (κ2) is 2.46. The number of rotatable bonds is 2. The fourth-order valence-corrected chi connectivity index (χ4v) is 2.49. The molecule has 2 aliphatic rings. The maximum atomic E-state index is 5.96. The van der Waals surface area contributed by atoms with E-state index in [9.17, 15) is 0 Å². The normalized spacial score (nSPS) is 39.8. The highest BCUT2D eigenvalue weighted by Crippen LogP contribution is 2.56. The molecule has 0 bridgehead atoms. The minimum Gasteiger partial charge on any atom is -0.378 e. The van der Waals surface area contributed by atoms with E-state index >= 15 is 0 Å². The van der Waals surface area contributed by atoms with Crippen LogP contribution in [0.2, 0.25) is 0 Å². The Labute approximate surface area is 68.1 Å². The summed E-state index contributed by atoms with van der Waals surface area (Å²) in [5.74, 6) is 0. The van der Waals surface area contributed by atoms with E-state index in [0.717, 1.165) is 13.0 Å². The topological polar surface area (TPSA) is 35.2 Å². The van der Waals surface area contributed by atoms with Crippen molar-refractivity contribution >= 4 is 0 Å². The summed E-state index contributed by atoms with van der Waals surface area (Å²) in [5, 5.41) is 0. The highest BCUT2D eigenvalue weighted by atomic mass is 16.5. The Morgan fingerprint density at radius 1 is 1.55 bits per heavy atom. The van der Waals surface area contributed by atoms with Gasteiger partial charge in [0.05, 0.1) is 6.10 Å². The van der Waals surface area contributed by atoms with Crippen LogP contribution < -0.4 is 5.73 Å². The summed E-state index contributed by atoms with van der Waals surface area (Å²) in [6.45, 7) is 2.91. The average Bonchev–Trinajstić information content (AvgIpc) is 1.83. The van der Waals surface area contributed by atoms with Crippen molar-refractivity contribution in [1.29, 1.82) is 0 Å². The Hall–Kier alpha value is -0.0800. The van der Waals surface area contributed by atoms with Crippen molar-refractivity contribution < 1.29 is 4.74 Å². The smallest absolute Gasteiger partial charge is 0.0660 e. The molecule has 64 valence electrons. The van der Waals surface area contributed by atoms with E-state index in [1.165, 1.54) is 19.3 Å². The third kappa shape index (κ3) is 0.859. The molecule has 2 heteroatoms. The van der Waals surface area contributed by atoms with Crippen LogP contribution in [-0.2, 0) is 4.74 Å². The molecule has 11 heavy (non-hydrogen) atoms. The predicted molar refractivity (Wildman–Crippen MR) is 44.3 cm³/mol. The summed E-state index contributed by atoms with van der Waals surface area (Å²) >= 11 is 0. The third-order valence-corrected chi connectivity index (χ3v) is 3.50. The molecule has 2 rings (SSSR count). The van der Waals surface area contributed by atoms with Crippen LogP contribution in [0.1, 0.15) is 32.6 Å². The van der Waals surface area contributed by atoms with E-state index in [4.69, 9.17) is 10.5 Å². The van der Waals surface area contributed by atoms with E-state index in [1.807, 2.05) is 0 Å². The quantitative estimate of drug-likeness (QED) is 0.652. The molecule has 2 atom stereocenters. The molecule has 0 saturated heterocycles. The van der Waals surface area contributed by atoms with Gasteiger partial charge in [-0.05, 0) is 26.2 Å². The monoisotopic (exact) mass is 155 g/mol. The van der Waals surface area contributed by atoms with Crippen LogP contribution in [0.3, 0.4) is 0 Å². The van der Waals surface area contributed by atoms with Gasteiger partial charge in [-0.1, -0.05) is 6.42 Å². The van der Waals surface area contributed by atoms with Gasteiger partial charge in [0.1, 0.15) is 0 Å². The molecule has 0 unspecified atom stereocenters. The fourth-order valence-electron chi connectivity index (χ4n) is 2.49. The van der Waals surface area contributed by atoms with Crippen molar-refractivity contribution in [2.75, 3.05) is 6.61 Å². The standard InChI is InChI=1S/C9H17NO/c1-2-11-8-6-7(10)9(8)4-3-5-9/h7-8H,2-6,10H2,1H3/t7-,8-/m1/s1. The zero-order valence-electron chi connectivity index (χ0n) is 7.18. The minimum atomic E-state index is 0.427. The van der Waals surface area contributed by atoms with E-state index in [2.05, 4.69) is 6.92 Å². The first kappa shape index (κ1) is 7.56. The van der Waals surface area contributed by atoms with Gasteiger partial charge < -0.3 is 10.5 Å². The molecule has 2 aliphatic carbocycles. The molecule has 0 radical (unpaired) electrons. The third-order valence-electron chi connectivity index (χ3n) is 3.50. The van der Waals surface area contributed by atoms with Crippen LogP contribution in [-0.4, -0.2) is 18.8 Å². The molecular formula is C9H17NO. The van der Waals surface area contributed by atoms with Gasteiger partial charge in [0.25, 0.3) is 0 Å². The molecule has 0 aromatic carbocycles. The first-order chi connectivity index (χ1) is 5.29. The summed E-state index contributed by atoms with van der Waals surface area (Å²) in [4.78, 5) is 0. The van der Waals surface area contributed by atoms with Gasteiger partial charge in [0.15, 0.2) is 0 Å². The van der Waals surface area contributed by atoms with Crippen LogP contribution in [0.4, 0.5) is 0 Å². The molecule has 2 fully saturated rings. The SMILES string of the molecule is CCO[C@@H]1C[C@@H](N)C12CCC2. The lowest BCUT2D eigenvalue weighted by molar-refractivity contribution is -0.163. The predicted octanol–water partition coefficient (Wildman–Crippen LogP) is 1.29. The molecule has 0 heterocycles. The van der Waals surface area contributed by atoms with Crippen molar-refractivity contribution in [3.05, 3.63) is 0 Å².